The van der Waals surface area contributed by atoms with Crippen LogP contribution >= 0.6 is 23.3 Å². The van der Waals surface area contributed by atoms with Crippen LogP contribution in [0.1, 0.15) is 5.56 Å². The third kappa shape index (κ3) is 3.14. The van der Waals surface area contributed by atoms with Crippen LogP contribution in [0.3, 0.4) is 0 Å². The molecule has 2 aromatic rings. The van der Waals surface area contributed by atoms with Gasteiger partial charge in [-0.2, -0.15) is 9.36 Å². The van der Waals surface area contributed by atoms with Crippen molar-refractivity contribution in [2.24, 2.45) is 0 Å². The van der Waals surface area contributed by atoms with Crippen molar-refractivity contribution in [2.75, 3.05) is 5.73 Å². The minimum atomic E-state index is -0.417. The van der Waals surface area contributed by atoms with Crippen molar-refractivity contribution < 1.29 is 4.92 Å². The van der Waals surface area contributed by atoms with Crippen LogP contribution in [0.25, 0.3) is 0 Å². The van der Waals surface area contributed by atoms with Gasteiger partial charge in [-0.15, -0.1) is 0 Å². The van der Waals surface area contributed by atoms with Gasteiger partial charge in [-0.25, -0.2) is 0 Å². The lowest BCUT2D eigenvalue weighted by molar-refractivity contribution is -0.384. The summed E-state index contributed by atoms with van der Waals surface area (Å²) in [4.78, 5) is 14.1. The van der Waals surface area contributed by atoms with E-state index in [4.69, 9.17) is 5.73 Å². The van der Waals surface area contributed by atoms with E-state index in [9.17, 15) is 10.1 Å². The van der Waals surface area contributed by atoms with Gasteiger partial charge < -0.3 is 5.73 Å². The summed E-state index contributed by atoms with van der Waals surface area (Å²) >= 11 is 2.60. The van der Waals surface area contributed by atoms with Crippen LogP contribution < -0.4 is 5.73 Å². The molecule has 0 aliphatic heterocycles. The number of hydrogen-bond donors (Lipinski definition) is 1. The molecule has 0 bridgehead atoms. The minimum Gasteiger partial charge on any atom is -0.374 e. The molecule has 17 heavy (non-hydrogen) atoms. The average Bonchev–Trinajstić information content (AvgIpc) is 2.73. The van der Waals surface area contributed by atoms with Crippen molar-refractivity contribution in [3.63, 3.8) is 0 Å². The Kier molecular flexibility index (Phi) is 3.55. The molecule has 2 rings (SSSR count). The summed E-state index contributed by atoms with van der Waals surface area (Å²) in [6.45, 7) is 0. The average molecular weight is 268 g/mol. The van der Waals surface area contributed by atoms with Gasteiger partial charge >= 0.3 is 0 Å². The summed E-state index contributed by atoms with van der Waals surface area (Å²) in [5, 5.41) is 11.5. The molecule has 6 nitrogen and oxygen atoms in total. The number of rotatable bonds is 4. The summed E-state index contributed by atoms with van der Waals surface area (Å²) in [6.07, 6.45) is 0. The second-order valence-corrected chi connectivity index (χ2v) is 4.85. The first kappa shape index (κ1) is 11.8. The lowest BCUT2D eigenvalue weighted by Gasteiger charge is -1.97. The molecule has 8 heteroatoms. The fourth-order valence-electron chi connectivity index (χ4n) is 1.14. The Labute approximate surface area is 105 Å². The molecule has 88 valence electrons. The monoisotopic (exact) mass is 268 g/mol. The Morgan fingerprint density at radius 1 is 1.41 bits per heavy atom. The lowest BCUT2D eigenvalue weighted by Crippen LogP contribution is -1.88. The van der Waals surface area contributed by atoms with Crippen LogP contribution in [0.15, 0.2) is 29.4 Å². The zero-order valence-electron chi connectivity index (χ0n) is 8.57. The highest BCUT2D eigenvalue weighted by molar-refractivity contribution is 7.98. The number of benzene rings is 1. The highest BCUT2D eigenvalue weighted by atomic mass is 32.2. The SMILES string of the molecule is Nc1nc(SCc2ccc([N+](=O)[O-])cc2)ns1. The van der Waals surface area contributed by atoms with Gasteiger partial charge in [0.1, 0.15) is 0 Å². The van der Waals surface area contributed by atoms with Gasteiger partial charge in [0, 0.05) is 29.4 Å². The number of nitrogens with two attached hydrogens (primary N) is 1. The predicted molar refractivity (Wildman–Crippen MR) is 67.0 cm³/mol. The summed E-state index contributed by atoms with van der Waals surface area (Å²) in [5.74, 6) is 0.661. The largest absolute Gasteiger partial charge is 0.374 e. The summed E-state index contributed by atoms with van der Waals surface area (Å²) in [6, 6.07) is 6.42. The van der Waals surface area contributed by atoms with Gasteiger partial charge in [-0.1, -0.05) is 23.9 Å². The molecule has 0 fully saturated rings. The molecule has 0 unspecified atom stereocenters. The Balaban J connectivity index is 1.97. The van der Waals surface area contributed by atoms with Crippen LogP contribution in [-0.4, -0.2) is 14.3 Å². The van der Waals surface area contributed by atoms with Crippen molar-refractivity contribution in [1.29, 1.82) is 0 Å². The molecule has 0 aliphatic carbocycles. The first-order chi connectivity index (χ1) is 8.15. The van der Waals surface area contributed by atoms with E-state index in [0.29, 0.717) is 16.0 Å². The summed E-state index contributed by atoms with van der Waals surface area (Å²) in [7, 11) is 0. The van der Waals surface area contributed by atoms with Gasteiger partial charge in [-0.3, -0.25) is 10.1 Å². The smallest absolute Gasteiger partial charge is 0.269 e. The Morgan fingerprint density at radius 2 is 2.12 bits per heavy atom. The van der Waals surface area contributed by atoms with Crippen molar-refractivity contribution >= 4 is 34.1 Å². The Morgan fingerprint density at radius 3 is 2.65 bits per heavy atom. The molecular weight excluding hydrogens is 260 g/mol. The molecule has 0 spiro atoms. The fourth-order valence-corrected chi connectivity index (χ4v) is 2.51. The van der Waals surface area contributed by atoms with Crippen LogP contribution in [0.4, 0.5) is 10.8 Å². The van der Waals surface area contributed by atoms with E-state index in [2.05, 4.69) is 9.36 Å². The van der Waals surface area contributed by atoms with Gasteiger partial charge in [0.05, 0.1) is 4.92 Å². The topological polar surface area (TPSA) is 94.9 Å². The third-order valence-electron chi connectivity index (χ3n) is 1.94. The fraction of sp³-hybridized carbons (Fsp3) is 0.111. The molecule has 1 aromatic heterocycles. The Bertz CT molecular complexity index is 526. The van der Waals surface area contributed by atoms with E-state index in [-0.39, 0.29) is 5.69 Å². The molecule has 0 saturated carbocycles. The maximum Gasteiger partial charge on any atom is 0.269 e. The summed E-state index contributed by atoms with van der Waals surface area (Å²) in [5.41, 5.74) is 6.53. The maximum atomic E-state index is 10.5. The second-order valence-electron chi connectivity index (χ2n) is 3.13. The number of anilines is 1. The minimum absolute atomic E-state index is 0.0924. The van der Waals surface area contributed by atoms with E-state index < -0.39 is 4.92 Å². The number of nitrogens with zero attached hydrogens (tertiary/aromatic N) is 3. The van der Waals surface area contributed by atoms with E-state index in [1.807, 2.05) is 0 Å². The number of nitro groups is 1. The zero-order valence-corrected chi connectivity index (χ0v) is 10.2. The van der Waals surface area contributed by atoms with Crippen molar-refractivity contribution in [3.8, 4) is 0 Å². The number of nitrogen functional groups attached to an aromatic ring is 1. The molecule has 0 atom stereocenters. The first-order valence-electron chi connectivity index (χ1n) is 4.60. The molecule has 1 heterocycles. The molecule has 2 N–H and O–H groups in total. The van der Waals surface area contributed by atoms with Gasteiger partial charge in [0.15, 0.2) is 0 Å². The lowest BCUT2D eigenvalue weighted by atomic mass is 10.2. The van der Waals surface area contributed by atoms with E-state index in [1.165, 1.54) is 23.9 Å². The normalized spacial score (nSPS) is 10.4. The predicted octanol–water partition coefficient (Wildman–Crippen LogP) is 2.32. The molecular formula is C9H8N4O2S2. The molecule has 0 aliphatic rings. The van der Waals surface area contributed by atoms with Crippen LogP contribution in [0.2, 0.25) is 0 Å². The number of hydrogen-bond acceptors (Lipinski definition) is 7. The third-order valence-corrected chi connectivity index (χ3v) is 3.51. The van der Waals surface area contributed by atoms with Gasteiger partial charge in [0.25, 0.3) is 5.69 Å². The highest BCUT2D eigenvalue weighted by Crippen LogP contribution is 2.23. The maximum absolute atomic E-state index is 10.5. The standard InChI is InChI=1S/C9H8N4O2S2/c10-8-11-9(12-17-8)16-5-6-1-3-7(4-2-6)13(14)15/h1-4H,5H2,(H2,10,11,12). The van der Waals surface area contributed by atoms with E-state index >= 15 is 0 Å². The number of thioether (sulfide) groups is 1. The van der Waals surface area contributed by atoms with Crippen LogP contribution in [-0.2, 0) is 5.75 Å². The zero-order chi connectivity index (χ0) is 12.3. The number of nitro benzene ring substituents is 1. The van der Waals surface area contributed by atoms with E-state index in [0.717, 1.165) is 17.1 Å². The number of non-ortho nitro benzene ring substituents is 1. The van der Waals surface area contributed by atoms with Crippen LogP contribution in [0.5, 0.6) is 0 Å². The molecule has 1 aromatic carbocycles. The van der Waals surface area contributed by atoms with Gasteiger partial charge in [-0.05, 0) is 5.56 Å². The van der Waals surface area contributed by atoms with Gasteiger partial charge in [0.2, 0.25) is 10.3 Å². The van der Waals surface area contributed by atoms with Crippen molar-refractivity contribution in [1.82, 2.24) is 9.36 Å². The molecule has 0 saturated heterocycles. The summed E-state index contributed by atoms with van der Waals surface area (Å²) < 4.78 is 4.04. The van der Waals surface area contributed by atoms with Crippen molar-refractivity contribution in [3.05, 3.63) is 39.9 Å². The molecule has 0 radical (unpaired) electrons. The second kappa shape index (κ2) is 5.11. The Hall–Kier alpha value is -1.67. The number of aromatic nitrogens is 2. The first-order valence-corrected chi connectivity index (χ1v) is 6.36. The molecule has 0 amide bonds. The van der Waals surface area contributed by atoms with Crippen molar-refractivity contribution in [2.45, 2.75) is 10.9 Å². The quantitative estimate of drug-likeness (QED) is 0.519. The van der Waals surface area contributed by atoms with E-state index in [1.54, 1.807) is 12.1 Å². The van der Waals surface area contributed by atoms with Crippen LogP contribution in [0, 0.1) is 10.1 Å². The highest BCUT2D eigenvalue weighted by Gasteiger charge is 2.05.